The second kappa shape index (κ2) is 6.91. The van der Waals surface area contributed by atoms with E-state index in [2.05, 4.69) is 51.8 Å². The Morgan fingerprint density at radius 3 is 2.28 bits per heavy atom. The van der Waals surface area contributed by atoms with Gasteiger partial charge in [0.05, 0.1) is 0 Å². The van der Waals surface area contributed by atoms with Crippen LogP contribution in [0.25, 0.3) is 0 Å². The minimum Gasteiger partial charge on any atom is -0.310 e. The van der Waals surface area contributed by atoms with Crippen molar-refractivity contribution in [2.75, 3.05) is 13.1 Å². The molecule has 2 nitrogen and oxygen atoms in total. The molecule has 0 heterocycles. The Labute approximate surface area is 115 Å². The van der Waals surface area contributed by atoms with Gasteiger partial charge in [0.1, 0.15) is 0 Å². The summed E-state index contributed by atoms with van der Waals surface area (Å²) in [6.45, 7) is 16.3. The molecule has 1 saturated carbocycles. The third-order valence-electron chi connectivity index (χ3n) is 4.31. The summed E-state index contributed by atoms with van der Waals surface area (Å²) in [5.74, 6) is 0.818. The van der Waals surface area contributed by atoms with Crippen LogP contribution >= 0.6 is 0 Å². The van der Waals surface area contributed by atoms with Crippen molar-refractivity contribution in [1.82, 2.24) is 10.2 Å². The average Bonchev–Trinajstić information content (AvgIpc) is 3.11. The number of rotatable bonds is 9. The summed E-state index contributed by atoms with van der Waals surface area (Å²) in [6, 6.07) is 1.55. The summed E-state index contributed by atoms with van der Waals surface area (Å²) in [5.41, 5.74) is 0.279. The predicted molar refractivity (Wildman–Crippen MR) is 81.0 cm³/mol. The molecule has 0 amide bonds. The van der Waals surface area contributed by atoms with Crippen molar-refractivity contribution in [2.24, 2.45) is 5.92 Å². The Morgan fingerprint density at radius 1 is 1.22 bits per heavy atom. The topological polar surface area (TPSA) is 15.3 Å². The summed E-state index contributed by atoms with van der Waals surface area (Å²) in [6.07, 6.45) is 5.35. The van der Waals surface area contributed by atoms with Gasteiger partial charge in [-0.05, 0) is 58.9 Å². The zero-order valence-corrected chi connectivity index (χ0v) is 13.4. The second-order valence-corrected chi connectivity index (χ2v) is 7.12. The van der Waals surface area contributed by atoms with Gasteiger partial charge in [0, 0.05) is 24.2 Å². The molecule has 1 aliphatic rings. The molecule has 1 N–H and O–H groups in total. The summed E-state index contributed by atoms with van der Waals surface area (Å²) >= 11 is 0. The van der Waals surface area contributed by atoms with Crippen molar-refractivity contribution in [3.05, 3.63) is 0 Å². The molecule has 0 saturated heterocycles. The lowest BCUT2D eigenvalue weighted by atomic mass is 10.0. The lowest BCUT2D eigenvalue weighted by molar-refractivity contribution is 0.173. The third-order valence-corrected chi connectivity index (χ3v) is 4.31. The molecule has 1 unspecified atom stereocenters. The van der Waals surface area contributed by atoms with Crippen LogP contribution in [0.2, 0.25) is 0 Å². The summed E-state index contributed by atoms with van der Waals surface area (Å²) in [5, 5.41) is 3.72. The van der Waals surface area contributed by atoms with Crippen molar-refractivity contribution >= 4 is 0 Å². The van der Waals surface area contributed by atoms with Crippen molar-refractivity contribution in [2.45, 2.75) is 84.8 Å². The third kappa shape index (κ3) is 5.71. The van der Waals surface area contributed by atoms with Crippen LogP contribution < -0.4 is 5.32 Å². The van der Waals surface area contributed by atoms with Crippen molar-refractivity contribution in [1.29, 1.82) is 0 Å². The van der Waals surface area contributed by atoms with Crippen LogP contribution in [0.4, 0.5) is 0 Å². The highest BCUT2D eigenvalue weighted by Gasteiger charge is 2.32. The van der Waals surface area contributed by atoms with Gasteiger partial charge in [-0.1, -0.05) is 20.8 Å². The predicted octanol–water partition coefficient (Wildman–Crippen LogP) is 3.66. The van der Waals surface area contributed by atoms with E-state index in [4.69, 9.17) is 0 Å². The van der Waals surface area contributed by atoms with Gasteiger partial charge < -0.3 is 5.32 Å². The maximum Gasteiger partial charge on any atom is 0.0195 e. The molecule has 18 heavy (non-hydrogen) atoms. The van der Waals surface area contributed by atoms with Gasteiger partial charge in [0.2, 0.25) is 0 Å². The van der Waals surface area contributed by atoms with Gasteiger partial charge in [-0.25, -0.2) is 0 Å². The first kappa shape index (κ1) is 16.0. The van der Waals surface area contributed by atoms with Crippen LogP contribution in [0.5, 0.6) is 0 Å². The fourth-order valence-electron chi connectivity index (χ4n) is 2.24. The van der Waals surface area contributed by atoms with Crippen molar-refractivity contribution < 1.29 is 0 Å². The van der Waals surface area contributed by atoms with Crippen LogP contribution in [0.15, 0.2) is 0 Å². The standard InChI is InChI=1S/C16H34N2/c1-7-16(5,6)17-12-14(4)18(15-8-9-15)11-10-13(2)3/h13-15,17H,7-12H2,1-6H3. The molecule has 0 aromatic heterocycles. The molecule has 1 rings (SSSR count). The molecule has 108 valence electrons. The van der Waals surface area contributed by atoms with E-state index in [0.29, 0.717) is 6.04 Å². The molecular formula is C16H34N2. The number of nitrogens with one attached hydrogen (secondary N) is 1. The lowest BCUT2D eigenvalue weighted by Crippen LogP contribution is -2.48. The van der Waals surface area contributed by atoms with E-state index >= 15 is 0 Å². The average molecular weight is 254 g/mol. The Kier molecular flexibility index (Phi) is 6.13. The Bertz CT molecular complexity index is 231. The first-order chi connectivity index (χ1) is 8.35. The molecule has 0 radical (unpaired) electrons. The quantitative estimate of drug-likeness (QED) is 0.675. The molecular weight excluding hydrogens is 220 g/mol. The zero-order valence-electron chi connectivity index (χ0n) is 13.4. The minimum absolute atomic E-state index is 0.279. The van der Waals surface area contributed by atoms with E-state index < -0.39 is 0 Å². The molecule has 0 spiro atoms. The SMILES string of the molecule is CCC(C)(C)NCC(C)N(CCC(C)C)C1CC1. The summed E-state index contributed by atoms with van der Waals surface area (Å²) in [7, 11) is 0. The van der Waals surface area contributed by atoms with E-state index in [-0.39, 0.29) is 5.54 Å². The van der Waals surface area contributed by atoms with Crippen LogP contribution in [-0.4, -0.2) is 35.6 Å². The van der Waals surface area contributed by atoms with Crippen LogP contribution in [-0.2, 0) is 0 Å². The van der Waals surface area contributed by atoms with Gasteiger partial charge in [0.25, 0.3) is 0 Å². The Balaban J connectivity index is 2.37. The Morgan fingerprint density at radius 2 is 1.83 bits per heavy atom. The fraction of sp³-hybridized carbons (Fsp3) is 1.00. The lowest BCUT2D eigenvalue weighted by Gasteiger charge is -2.33. The summed E-state index contributed by atoms with van der Waals surface area (Å²) in [4.78, 5) is 2.73. The number of nitrogens with zero attached hydrogens (tertiary/aromatic N) is 1. The van der Waals surface area contributed by atoms with Gasteiger partial charge >= 0.3 is 0 Å². The van der Waals surface area contributed by atoms with E-state index in [1.165, 1.54) is 32.2 Å². The molecule has 0 bridgehead atoms. The number of hydrogen-bond donors (Lipinski definition) is 1. The highest BCUT2D eigenvalue weighted by atomic mass is 15.2. The molecule has 1 fully saturated rings. The molecule has 1 aliphatic carbocycles. The highest BCUT2D eigenvalue weighted by molar-refractivity contribution is 4.89. The second-order valence-electron chi connectivity index (χ2n) is 7.12. The van der Waals surface area contributed by atoms with Crippen molar-refractivity contribution in [3.63, 3.8) is 0 Å². The minimum atomic E-state index is 0.279. The molecule has 0 aliphatic heterocycles. The first-order valence-corrected chi connectivity index (χ1v) is 7.86. The fourth-order valence-corrected chi connectivity index (χ4v) is 2.24. The van der Waals surface area contributed by atoms with Gasteiger partial charge in [0.15, 0.2) is 0 Å². The zero-order chi connectivity index (χ0) is 13.8. The normalized spacial score (nSPS) is 18.7. The monoisotopic (exact) mass is 254 g/mol. The van der Waals surface area contributed by atoms with Crippen LogP contribution in [0, 0.1) is 5.92 Å². The van der Waals surface area contributed by atoms with E-state index in [0.717, 1.165) is 18.5 Å². The largest absolute Gasteiger partial charge is 0.310 e. The van der Waals surface area contributed by atoms with Gasteiger partial charge in [-0.2, -0.15) is 0 Å². The highest BCUT2D eigenvalue weighted by Crippen LogP contribution is 2.29. The summed E-state index contributed by atoms with van der Waals surface area (Å²) < 4.78 is 0. The molecule has 2 heteroatoms. The van der Waals surface area contributed by atoms with Crippen LogP contribution in [0.3, 0.4) is 0 Å². The smallest absolute Gasteiger partial charge is 0.0195 e. The maximum atomic E-state index is 3.72. The Hall–Kier alpha value is -0.0800. The number of hydrogen-bond acceptors (Lipinski definition) is 2. The van der Waals surface area contributed by atoms with Crippen LogP contribution in [0.1, 0.15) is 67.2 Å². The van der Waals surface area contributed by atoms with E-state index in [9.17, 15) is 0 Å². The first-order valence-electron chi connectivity index (χ1n) is 7.86. The van der Waals surface area contributed by atoms with E-state index in [1.54, 1.807) is 0 Å². The molecule has 1 atom stereocenters. The molecule has 0 aromatic carbocycles. The van der Waals surface area contributed by atoms with Gasteiger partial charge in [-0.15, -0.1) is 0 Å². The van der Waals surface area contributed by atoms with Gasteiger partial charge in [-0.3, -0.25) is 4.90 Å². The maximum absolute atomic E-state index is 3.72. The molecule has 0 aromatic rings. The van der Waals surface area contributed by atoms with E-state index in [1.807, 2.05) is 0 Å². The van der Waals surface area contributed by atoms with Crippen molar-refractivity contribution in [3.8, 4) is 0 Å².